The van der Waals surface area contributed by atoms with Crippen molar-refractivity contribution in [2.24, 2.45) is 5.92 Å². The third kappa shape index (κ3) is 5.95. The Kier molecular flexibility index (Phi) is 7.58. The fourth-order valence-electron chi connectivity index (χ4n) is 4.77. The molecule has 1 amide bonds. The predicted molar refractivity (Wildman–Crippen MR) is 134 cm³/mol. The molecule has 7 nitrogen and oxygen atoms in total. The maximum absolute atomic E-state index is 15.1. The molecule has 0 spiro atoms. The Labute approximate surface area is 214 Å². The number of ether oxygens (including phenoxy) is 2. The number of hydrogen-bond donors (Lipinski definition) is 1. The van der Waals surface area contributed by atoms with Gasteiger partial charge in [-0.25, -0.2) is 18.4 Å². The highest BCUT2D eigenvalue weighted by Gasteiger charge is 2.31. The van der Waals surface area contributed by atoms with Crippen LogP contribution in [0, 0.1) is 29.4 Å². The van der Waals surface area contributed by atoms with Crippen LogP contribution >= 0.6 is 0 Å². The number of alkyl carbamates (subject to hydrolysis) is 1. The second kappa shape index (κ2) is 10.5. The lowest BCUT2D eigenvalue weighted by atomic mass is 9.99. The SMILES string of the molecule is CCOC(=O)c1cn(C2CC2)c2c(C#CCC3CCC[C@H]3NC(=O)OC(C)(C)C)c(F)c(F)cc2c1=O. The number of fused-ring (bicyclic) bond motifs is 1. The van der Waals surface area contributed by atoms with Crippen molar-refractivity contribution in [2.75, 3.05) is 6.61 Å². The van der Waals surface area contributed by atoms with Crippen LogP contribution in [-0.2, 0) is 9.47 Å². The number of benzene rings is 1. The van der Waals surface area contributed by atoms with Crippen LogP contribution in [0.2, 0.25) is 0 Å². The quantitative estimate of drug-likeness (QED) is 0.436. The lowest BCUT2D eigenvalue weighted by Gasteiger charge is -2.24. The molecule has 4 rings (SSSR count). The van der Waals surface area contributed by atoms with E-state index in [1.165, 1.54) is 6.20 Å². The van der Waals surface area contributed by atoms with E-state index in [9.17, 15) is 18.8 Å². The Morgan fingerprint density at radius 1 is 1.19 bits per heavy atom. The van der Waals surface area contributed by atoms with E-state index in [0.29, 0.717) is 6.42 Å². The zero-order valence-corrected chi connectivity index (χ0v) is 21.6. The minimum absolute atomic E-state index is 0.0314. The predicted octanol–water partition coefficient (Wildman–Crippen LogP) is 5.23. The van der Waals surface area contributed by atoms with Gasteiger partial charge in [0.2, 0.25) is 5.43 Å². The molecular formula is C28H32F2N2O5. The molecule has 2 saturated carbocycles. The van der Waals surface area contributed by atoms with Crippen molar-refractivity contribution < 1.29 is 27.8 Å². The smallest absolute Gasteiger partial charge is 0.407 e. The van der Waals surface area contributed by atoms with Gasteiger partial charge in [-0.1, -0.05) is 18.3 Å². The molecule has 2 aliphatic rings. The lowest BCUT2D eigenvalue weighted by Crippen LogP contribution is -2.40. The number of esters is 1. The standard InChI is InChI=1S/C28H32F2N2O5/c1-5-36-26(34)20-15-32(17-12-13-17)24-18(23(30)21(29)14-19(24)25(20)33)10-6-8-16-9-7-11-22(16)31-27(35)37-28(2,3)4/h14-17,22H,5,7-9,11-13H2,1-4H3,(H,31,35)/t16?,22-/m1/s1. The number of nitrogens with zero attached hydrogens (tertiary/aromatic N) is 1. The molecule has 0 bridgehead atoms. The van der Waals surface area contributed by atoms with Gasteiger partial charge in [-0.05, 0) is 65.4 Å². The Hall–Kier alpha value is -3.41. The number of carbonyl (C=O) groups is 2. The zero-order chi connectivity index (χ0) is 26.9. The van der Waals surface area contributed by atoms with E-state index in [4.69, 9.17) is 9.47 Å². The van der Waals surface area contributed by atoms with E-state index in [-0.39, 0.29) is 46.6 Å². The number of amides is 1. The van der Waals surface area contributed by atoms with E-state index in [0.717, 1.165) is 38.2 Å². The van der Waals surface area contributed by atoms with E-state index >= 15 is 4.39 Å². The van der Waals surface area contributed by atoms with Gasteiger partial charge in [-0.2, -0.15) is 0 Å². The van der Waals surface area contributed by atoms with E-state index in [1.807, 2.05) is 0 Å². The molecule has 2 aliphatic carbocycles. The molecule has 198 valence electrons. The summed E-state index contributed by atoms with van der Waals surface area (Å²) in [5.41, 5.74) is -1.57. The number of pyridine rings is 1. The molecule has 0 radical (unpaired) electrons. The van der Waals surface area contributed by atoms with E-state index in [1.54, 1.807) is 32.3 Å². The minimum atomic E-state index is -1.21. The van der Waals surface area contributed by atoms with Gasteiger partial charge in [0.15, 0.2) is 11.6 Å². The Morgan fingerprint density at radius 2 is 1.92 bits per heavy atom. The van der Waals surface area contributed by atoms with Crippen molar-refractivity contribution in [3.8, 4) is 11.8 Å². The fourth-order valence-corrected chi connectivity index (χ4v) is 4.77. The van der Waals surface area contributed by atoms with Gasteiger partial charge in [0, 0.05) is 24.7 Å². The third-order valence-electron chi connectivity index (χ3n) is 6.58. The van der Waals surface area contributed by atoms with Crippen molar-refractivity contribution in [2.45, 2.75) is 83.9 Å². The number of hydrogen-bond acceptors (Lipinski definition) is 5. The monoisotopic (exact) mass is 514 g/mol. The van der Waals surface area contributed by atoms with Crippen molar-refractivity contribution in [3.63, 3.8) is 0 Å². The van der Waals surface area contributed by atoms with E-state index in [2.05, 4.69) is 17.2 Å². The molecule has 0 saturated heterocycles. The van der Waals surface area contributed by atoms with Crippen LogP contribution in [0.3, 0.4) is 0 Å². The first-order valence-electron chi connectivity index (χ1n) is 12.7. The summed E-state index contributed by atoms with van der Waals surface area (Å²) in [5, 5.41) is 2.79. The summed E-state index contributed by atoms with van der Waals surface area (Å²) in [6, 6.07) is 0.659. The summed E-state index contributed by atoms with van der Waals surface area (Å²) < 4.78 is 41.7. The van der Waals surface area contributed by atoms with Crippen LogP contribution in [0.5, 0.6) is 0 Å². The average molecular weight is 515 g/mol. The summed E-state index contributed by atoms with van der Waals surface area (Å²) in [6.07, 6.45) is 5.32. The minimum Gasteiger partial charge on any atom is -0.462 e. The van der Waals surface area contributed by atoms with Gasteiger partial charge in [0.25, 0.3) is 0 Å². The van der Waals surface area contributed by atoms with E-state index < -0.39 is 34.7 Å². The molecule has 1 heterocycles. The topological polar surface area (TPSA) is 86.6 Å². The van der Waals surface area contributed by atoms with Gasteiger partial charge in [0.05, 0.1) is 23.1 Å². The molecule has 1 aromatic carbocycles. The number of nitrogens with one attached hydrogen (secondary N) is 1. The summed E-state index contributed by atoms with van der Waals surface area (Å²) in [6.45, 7) is 7.08. The Bertz CT molecular complexity index is 1350. The van der Waals surface area contributed by atoms with Gasteiger partial charge in [0.1, 0.15) is 11.2 Å². The fraction of sp³-hybridized carbons (Fsp3) is 0.536. The van der Waals surface area contributed by atoms with Crippen molar-refractivity contribution in [1.82, 2.24) is 9.88 Å². The first-order chi connectivity index (χ1) is 17.5. The average Bonchev–Trinajstić information content (AvgIpc) is 3.56. The van der Waals surface area contributed by atoms with Gasteiger partial charge >= 0.3 is 12.1 Å². The van der Waals surface area contributed by atoms with Crippen LogP contribution in [0.25, 0.3) is 10.9 Å². The van der Waals surface area contributed by atoms with Gasteiger partial charge < -0.3 is 19.4 Å². The molecule has 2 aromatic rings. The highest BCUT2D eigenvalue weighted by Crippen LogP contribution is 2.38. The number of halogens is 2. The Morgan fingerprint density at radius 3 is 2.57 bits per heavy atom. The van der Waals surface area contributed by atoms with Crippen LogP contribution in [0.4, 0.5) is 13.6 Å². The van der Waals surface area contributed by atoms with Crippen molar-refractivity contribution >= 4 is 23.0 Å². The summed E-state index contributed by atoms with van der Waals surface area (Å²) in [5.74, 6) is 2.63. The van der Waals surface area contributed by atoms with Crippen LogP contribution < -0.4 is 10.7 Å². The summed E-state index contributed by atoms with van der Waals surface area (Å²) >= 11 is 0. The first kappa shape index (κ1) is 26.6. The molecule has 1 N–H and O–H groups in total. The first-order valence-corrected chi connectivity index (χ1v) is 12.7. The molecule has 1 aromatic heterocycles. The molecule has 37 heavy (non-hydrogen) atoms. The summed E-state index contributed by atoms with van der Waals surface area (Å²) in [7, 11) is 0. The molecule has 0 aliphatic heterocycles. The second-order valence-electron chi connectivity index (χ2n) is 10.6. The van der Waals surface area contributed by atoms with Crippen LogP contribution in [0.1, 0.15) is 88.2 Å². The highest BCUT2D eigenvalue weighted by molar-refractivity contribution is 5.95. The molecular weight excluding hydrogens is 482 g/mol. The maximum atomic E-state index is 15.1. The number of carbonyl (C=O) groups excluding carboxylic acids is 2. The van der Waals surface area contributed by atoms with Gasteiger partial charge in [-0.15, -0.1) is 0 Å². The highest BCUT2D eigenvalue weighted by atomic mass is 19.2. The second-order valence-corrected chi connectivity index (χ2v) is 10.6. The number of rotatable bonds is 5. The molecule has 1 unspecified atom stereocenters. The normalized spacial score (nSPS) is 19.3. The lowest BCUT2D eigenvalue weighted by molar-refractivity contribution is 0.0490. The molecule has 2 atom stereocenters. The Balaban J connectivity index is 1.67. The van der Waals surface area contributed by atoms with Crippen molar-refractivity contribution in [3.05, 3.63) is 45.2 Å². The molecule has 2 fully saturated rings. The maximum Gasteiger partial charge on any atom is 0.407 e. The van der Waals surface area contributed by atoms with Crippen LogP contribution in [-0.4, -0.2) is 34.9 Å². The van der Waals surface area contributed by atoms with Crippen molar-refractivity contribution in [1.29, 1.82) is 0 Å². The number of aromatic nitrogens is 1. The summed E-state index contributed by atoms with van der Waals surface area (Å²) in [4.78, 5) is 37.7. The third-order valence-corrected chi connectivity index (χ3v) is 6.58. The largest absolute Gasteiger partial charge is 0.462 e. The van der Waals surface area contributed by atoms with Crippen LogP contribution in [0.15, 0.2) is 17.1 Å². The van der Waals surface area contributed by atoms with Gasteiger partial charge in [-0.3, -0.25) is 4.79 Å². The molecule has 9 heteroatoms. The zero-order valence-electron chi connectivity index (χ0n) is 21.6.